The van der Waals surface area contributed by atoms with Crippen molar-refractivity contribution in [3.05, 3.63) is 0 Å². The Labute approximate surface area is 111 Å². The Hall–Kier alpha value is -0.120. The summed E-state index contributed by atoms with van der Waals surface area (Å²) < 4.78 is 6.23. The number of ether oxygens (including phenoxy) is 1. The number of hydrogen-bond donors (Lipinski definition) is 2. The molecular formula is C15H28N2O. The van der Waals surface area contributed by atoms with Crippen LogP contribution in [0.25, 0.3) is 0 Å². The summed E-state index contributed by atoms with van der Waals surface area (Å²) >= 11 is 0. The molecule has 1 aliphatic heterocycles. The summed E-state index contributed by atoms with van der Waals surface area (Å²) in [6, 6.07) is 0.426. The highest BCUT2D eigenvalue weighted by atomic mass is 16.5. The van der Waals surface area contributed by atoms with E-state index in [0.717, 1.165) is 24.2 Å². The molecule has 1 saturated heterocycles. The first kappa shape index (κ1) is 12.9. The highest BCUT2D eigenvalue weighted by Gasteiger charge is 2.54. The molecule has 1 heterocycles. The van der Waals surface area contributed by atoms with E-state index in [1.807, 2.05) is 0 Å². The first-order valence-electron chi connectivity index (χ1n) is 7.49. The van der Waals surface area contributed by atoms with Gasteiger partial charge < -0.3 is 4.74 Å². The Morgan fingerprint density at radius 2 is 1.72 bits per heavy atom. The van der Waals surface area contributed by atoms with Crippen LogP contribution in [0.5, 0.6) is 0 Å². The van der Waals surface area contributed by atoms with E-state index in [1.54, 1.807) is 0 Å². The van der Waals surface area contributed by atoms with Crippen molar-refractivity contribution in [2.45, 2.75) is 70.6 Å². The van der Waals surface area contributed by atoms with Crippen LogP contribution in [0.1, 0.15) is 53.4 Å². The SMILES string of the molecule is CC1(C)CC(C(NN)C2CC3CC3C2)C(C)(C)O1. The summed E-state index contributed by atoms with van der Waals surface area (Å²) in [5.74, 6) is 9.22. The lowest BCUT2D eigenvalue weighted by Gasteiger charge is -2.36. The molecule has 0 radical (unpaired) electrons. The predicted molar refractivity (Wildman–Crippen MR) is 72.8 cm³/mol. The minimum Gasteiger partial charge on any atom is -0.369 e. The van der Waals surface area contributed by atoms with E-state index in [2.05, 4.69) is 33.1 Å². The lowest BCUT2D eigenvalue weighted by atomic mass is 9.75. The molecule has 3 rings (SSSR count). The zero-order chi connectivity index (χ0) is 13.1. The molecule has 3 heteroatoms. The van der Waals surface area contributed by atoms with Crippen LogP contribution in [0, 0.1) is 23.7 Å². The van der Waals surface area contributed by atoms with Crippen LogP contribution in [0.4, 0.5) is 0 Å². The van der Waals surface area contributed by atoms with Gasteiger partial charge in [-0.15, -0.1) is 0 Å². The van der Waals surface area contributed by atoms with Crippen LogP contribution in [-0.4, -0.2) is 17.2 Å². The number of fused-ring (bicyclic) bond motifs is 1. The van der Waals surface area contributed by atoms with E-state index in [4.69, 9.17) is 10.6 Å². The molecule has 0 bridgehead atoms. The second-order valence-corrected chi connectivity index (χ2v) is 7.96. The summed E-state index contributed by atoms with van der Waals surface area (Å²) in [6.45, 7) is 8.86. The zero-order valence-electron chi connectivity index (χ0n) is 12.2. The quantitative estimate of drug-likeness (QED) is 0.599. The molecule has 3 N–H and O–H groups in total. The van der Waals surface area contributed by atoms with Crippen molar-refractivity contribution in [1.82, 2.24) is 5.43 Å². The highest BCUT2D eigenvalue weighted by Crippen LogP contribution is 2.57. The minimum atomic E-state index is -0.0622. The number of hydrogen-bond acceptors (Lipinski definition) is 3. The Kier molecular flexibility index (Phi) is 2.82. The molecule has 0 aromatic carbocycles. The average Bonchev–Trinajstić information content (AvgIpc) is 2.76. The van der Waals surface area contributed by atoms with Gasteiger partial charge in [0.15, 0.2) is 0 Å². The maximum Gasteiger partial charge on any atom is 0.0678 e. The Morgan fingerprint density at radius 1 is 1.11 bits per heavy atom. The largest absolute Gasteiger partial charge is 0.369 e. The van der Waals surface area contributed by atoms with Crippen molar-refractivity contribution in [1.29, 1.82) is 0 Å². The second kappa shape index (κ2) is 3.94. The van der Waals surface area contributed by atoms with Crippen LogP contribution >= 0.6 is 0 Å². The topological polar surface area (TPSA) is 47.3 Å². The molecule has 2 saturated carbocycles. The van der Waals surface area contributed by atoms with E-state index in [-0.39, 0.29) is 11.2 Å². The van der Waals surface area contributed by atoms with Gasteiger partial charge in [0.05, 0.1) is 11.2 Å². The van der Waals surface area contributed by atoms with Gasteiger partial charge in [-0.3, -0.25) is 11.3 Å². The van der Waals surface area contributed by atoms with Crippen molar-refractivity contribution in [3.63, 3.8) is 0 Å². The van der Waals surface area contributed by atoms with Gasteiger partial charge in [0.25, 0.3) is 0 Å². The van der Waals surface area contributed by atoms with E-state index < -0.39 is 0 Å². The first-order valence-corrected chi connectivity index (χ1v) is 7.49. The molecule has 0 amide bonds. The fourth-order valence-corrected chi connectivity index (χ4v) is 4.80. The molecule has 4 atom stereocenters. The number of hydrazine groups is 1. The molecule has 104 valence electrons. The summed E-state index contributed by atoms with van der Waals surface area (Å²) in [5.41, 5.74) is 3.07. The maximum absolute atomic E-state index is 6.23. The lowest BCUT2D eigenvalue weighted by molar-refractivity contribution is -0.0797. The fourth-order valence-electron chi connectivity index (χ4n) is 4.80. The van der Waals surface area contributed by atoms with Gasteiger partial charge in [-0.2, -0.15) is 0 Å². The average molecular weight is 252 g/mol. The minimum absolute atomic E-state index is 0.00914. The smallest absolute Gasteiger partial charge is 0.0678 e. The van der Waals surface area contributed by atoms with Gasteiger partial charge in [0.1, 0.15) is 0 Å². The molecule has 2 aliphatic carbocycles. The monoisotopic (exact) mass is 252 g/mol. The summed E-state index contributed by atoms with van der Waals surface area (Å²) in [6.07, 6.45) is 5.35. The maximum atomic E-state index is 6.23. The van der Waals surface area contributed by atoms with E-state index in [0.29, 0.717) is 12.0 Å². The van der Waals surface area contributed by atoms with Gasteiger partial charge in [-0.05, 0) is 71.1 Å². The molecule has 0 aromatic rings. The third-order valence-electron chi connectivity index (χ3n) is 5.56. The van der Waals surface area contributed by atoms with Gasteiger partial charge in [-0.25, -0.2) is 0 Å². The number of nitrogens with one attached hydrogen (secondary N) is 1. The molecule has 3 aliphatic rings. The van der Waals surface area contributed by atoms with Crippen LogP contribution in [0.3, 0.4) is 0 Å². The Bertz CT molecular complexity index is 329. The first-order chi connectivity index (χ1) is 8.32. The standard InChI is InChI=1S/C15H28N2O/c1-14(2)8-12(15(3,4)18-14)13(17-16)11-6-9-5-10(9)7-11/h9-13,17H,5-8,16H2,1-4H3. The number of rotatable bonds is 3. The van der Waals surface area contributed by atoms with E-state index >= 15 is 0 Å². The highest BCUT2D eigenvalue weighted by molar-refractivity contribution is 5.05. The van der Waals surface area contributed by atoms with Gasteiger partial charge in [0, 0.05) is 12.0 Å². The Balaban J connectivity index is 1.75. The third-order valence-corrected chi connectivity index (χ3v) is 5.56. The van der Waals surface area contributed by atoms with Crippen molar-refractivity contribution < 1.29 is 4.74 Å². The normalized spacial score (nSPS) is 45.8. The predicted octanol–water partition coefficient (Wildman–Crippen LogP) is 2.46. The van der Waals surface area contributed by atoms with E-state index in [1.165, 1.54) is 19.3 Å². The van der Waals surface area contributed by atoms with Crippen molar-refractivity contribution >= 4 is 0 Å². The fraction of sp³-hybridized carbons (Fsp3) is 1.00. The number of nitrogens with two attached hydrogens (primary N) is 1. The van der Waals surface area contributed by atoms with Gasteiger partial charge in [0.2, 0.25) is 0 Å². The van der Waals surface area contributed by atoms with Gasteiger partial charge in [-0.1, -0.05) is 0 Å². The second-order valence-electron chi connectivity index (χ2n) is 7.96. The van der Waals surface area contributed by atoms with Crippen molar-refractivity contribution in [3.8, 4) is 0 Å². The molecule has 18 heavy (non-hydrogen) atoms. The van der Waals surface area contributed by atoms with Crippen LogP contribution in [0.15, 0.2) is 0 Å². The molecule has 3 fully saturated rings. The van der Waals surface area contributed by atoms with Crippen molar-refractivity contribution in [2.24, 2.45) is 29.5 Å². The van der Waals surface area contributed by atoms with Crippen LogP contribution < -0.4 is 11.3 Å². The van der Waals surface area contributed by atoms with E-state index in [9.17, 15) is 0 Å². The van der Waals surface area contributed by atoms with Crippen LogP contribution in [0.2, 0.25) is 0 Å². The lowest BCUT2D eigenvalue weighted by Crippen LogP contribution is -2.51. The summed E-state index contributed by atoms with van der Waals surface area (Å²) in [4.78, 5) is 0. The molecule has 0 spiro atoms. The molecule has 4 unspecified atom stereocenters. The molecule has 0 aromatic heterocycles. The van der Waals surface area contributed by atoms with Gasteiger partial charge >= 0.3 is 0 Å². The van der Waals surface area contributed by atoms with Crippen LogP contribution in [-0.2, 0) is 4.74 Å². The third kappa shape index (κ3) is 2.10. The Morgan fingerprint density at radius 3 is 2.17 bits per heavy atom. The summed E-state index contributed by atoms with van der Waals surface area (Å²) in [7, 11) is 0. The zero-order valence-corrected chi connectivity index (χ0v) is 12.2. The van der Waals surface area contributed by atoms with Crippen molar-refractivity contribution in [2.75, 3.05) is 0 Å². The summed E-state index contributed by atoms with van der Waals surface area (Å²) in [5, 5.41) is 0. The molecular weight excluding hydrogens is 224 g/mol. The molecule has 3 nitrogen and oxygen atoms in total.